The van der Waals surface area contributed by atoms with E-state index >= 15 is 0 Å². The van der Waals surface area contributed by atoms with Crippen molar-refractivity contribution in [3.8, 4) is 22.3 Å². The molecule has 0 aliphatic rings. The maximum atomic E-state index is 12.9. The molecule has 0 heterocycles. The van der Waals surface area contributed by atoms with E-state index in [-0.39, 0.29) is 0 Å². The minimum Gasteiger partial charge on any atom is -0.166 e. The summed E-state index contributed by atoms with van der Waals surface area (Å²) >= 11 is 0. The SMILES string of the molecule is Cc1cccc(-c2cccc(-c3cccc(C(F)(F)F)c3)c2)c1. The van der Waals surface area contributed by atoms with E-state index in [2.05, 4.69) is 6.07 Å². The molecule has 3 aromatic carbocycles. The zero-order valence-corrected chi connectivity index (χ0v) is 12.6. The predicted octanol–water partition coefficient (Wildman–Crippen LogP) is 6.35. The molecule has 0 atom stereocenters. The lowest BCUT2D eigenvalue weighted by Crippen LogP contribution is -2.04. The van der Waals surface area contributed by atoms with Crippen molar-refractivity contribution < 1.29 is 13.2 Å². The van der Waals surface area contributed by atoms with Crippen LogP contribution >= 0.6 is 0 Å². The van der Waals surface area contributed by atoms with Gasteiger partial charge in [0.25, 0.3) is 0 Å². The van der Waals surface area contributed by atoms with Gasteiger partial charge in [-0.1, -0.05) is 60.2 Å². The van der Waals surface area contributed by atoms with E-state index in [4.69, 9.17) is 0 Å². The van der Waals surface area contributed by atoms with Crippen LogP contribution in [-0.4, -0.2) is 0 Å². The van der Waals surface area contributed by atoms with Crippen molar-refractivity contribution in [1.29, 1.82) is 0 Å². The Morgan fingerprint density at radius 3 is 1.65 bits per heavy atom. The summed E-state index contributed by atoms with van der Waals surface area (Å²) in [4.78, 5) is 0. The second kappa shape index (κ2) is 5.92. The number of benzene rings is 3. The topological polar surface area (TPSA) is 0 Å². The molecule has 0 unspecified atom stereocenters. The molecular formula is C20H15F3. The predicted molar refractivity (Wildman–Crippen MR) is 87.1 cm³/mol. The standard InChI is InChI=1S/C20H15F3/c1-14-5-2-6-15(11-14)16-7-3-8-17(12-16)18-9-4-10-19(13-18)20(21,22)23/h2-13H,1H3. The van der Waals surface area contributed by atoms with Crippen LogP contribution in [0.4, 0.5) is 13.2 Å². The van der Waals surface area contributed by atoms with Crippen LogP contribution in [-0.2, 0) is 6.18 Å². The molecule has 0 aliphatic heterocycles. The van der Waals surface area contributed by atoms with Crippen molar-refractivity contribution in [3.63, 3.8) is 0 Å². The fourth-order valence-electron chi connectivity index (χ4n) is 2.58. The van der Waals surface area contributed by atoms with Crippen LogP contribution in [0, 0.1) is 6.92 Å². The van der Waals surface area contributed by atoms with E-state index in [1.54, 1.807) is 6.07 Å². The normalized spacial score (nSPS) is 11.5. The van der Waals surface area contributed by atoms with Crippen LogP contribution in [0.3, 0.4) is 0 Å². The lowest BCUT2D eigenvalue weighted by Gasteiger charge is -2.10. The Balaban J connectivity index is 2.04. The highest BCUT2D eigenvalue weighted by molar-refractivity contribution is 5.73. The Labute approximate surface area is 133 Å². The molecule has 0 aliphatic carbocycles. The number of alkyl halides is 3. The van der Waals surface area contributed by atoms with Gasteiger partial charge in [-0.2, -0.15) is 13.2 Å². The first-order valence-electron chi connectivity index (χ1n) is 7.28. The zero-order valence-electron chi connectivity index (χ0n) is 12.6. The third kappa shape index (κ3) is 3.45. The van der Waals surface area contributed by atoms with E-state index in [1.165, 1.54) is 12.1 Å². The molecule has 0 radical (unpaired) electrons. The minimum atomic E-state index is -4.33. The van der Waals surface area contributed by atoms with E-state index < -0.39 is 11.7 Å². The second-order valence-corrected chi connectivity index (χ2v) is 5.53. The molecule has 116 valence electrons. The Bertz CT molecular complexity index is 832. The van der Waals surface area contributed by atoms with Crippen molar-refractivity contribution in [1.82, 2.24) is 0 Å². The first kappa shape index (κ1) is 15.3. The lowest BCUT2D eigenvalue weighted by molar-refractivity contribution is -0.137. The van der Waals surface area contributed by atoms with Crippen molar-refractivity contribution >= 4 is 0 Å². The summed E-state index contributed by atoms with van der Waals surface area (Å²) in [5.74, 6) is 0. The molecule has 0 bridgehead atoms. The fraction of sp³-hybridized carbons (Fsp3) is 0.100. The molecule has 0 N–H and O–H groups in total. The fourth-order valence-corrected chi connectivity index (χ4v) is 2.58. The van der Waals surface area contributed by atoms with Gasteiger partial charge in [0.05, 0.1) is 5.56 Å². The van der Waals surface area contributed by atoms with Crippen LogP contribution in [0.5, 0.6) is 0 Å². The highest BCUT2D eigenvalue weighted by Crippen LogP contribution is 2.33. The Morgan fingerprint density at radius 2 is 1.09 bits per heavy atom. The van der Waals surface area contributed by atoms with Crippen molar-refractivity contribution in [3.05, 3.63) is 83.9 Å². The maximum Gasteiger partial charge on any atom is 0.416 e. The molecule has 0 saturated carbocycles. The summed E-state index contributed by atoms with van der Waals surface area (Å²) in [5, 5.41) is 0. The summed E-state index contributed by atoms with van der Waals surface area (Å²) in [6.07, 6.45) is -4.33. The highest BCUT2D eigenvalue weighted by atomic mass is 19.4. The monoisotopic (exact) mass is 312 g/mol. The number of halogens is 3. The maximum absolute atomic E-state index is 12.9. The Kier molecular flexibility index (Phi) is 3.95. The molecule has 0 amide bonds. The third-order valence-corrected chi connectivity index (χ3v) is 3.74. The number of hydrogen-bond donors (Lipinski definition) is 0. The second-order valence-electron chi connectivity index (χ2n) is 5.53. The molecule has 3 aromatic rings. The molecule has 0 saturated heterocycles. The molecule has 3 heteroatoms. The molecule has 23 heavy (non-hydrogen) atoms. The Morgan fingerprint density at radius 1 is 0.609 bits per heavy atom. The number of hydrogen-bond acceptors (Lipinski definition) is 0. The minimum absolute atomic E-state index is 0.564. The van der Waals surface area contributed by atoms with Crippen LogP contribution in [0.2, 0.25) is 0 Å². The van der Waals surface area contributed by atoms with E-state index in [0.29, 0.717) is 5.56 Å². The number of rotatable bonds is 2. The van der Waals surface area contributed by atoms with E-state index in [0.717, 1.165) is 28.3 Å². The molecule has 0 nitrogen and oxygen atoms in total. The lowest BCUT2D eigenvalue weighted by atomic mass is 9.97. The van der Waals surface area contributed by atoms with Gasteiger partial charge in [-0.25, -0.2) is 0 Å². The summed E-state index contributed by atoms with van der Waals surface area (Å²) in [7, 11) is 0. The van der Waals surface area contributed by atoms with Crippen LogP contribution in [0.25, 0.3) is 22.3 Å². The summed E-state index contributed by atoms with van der Waals surface area (Å²) in [6.45, 7) is 2.01. The van der Waals surface area contributed by atoms with Crippen molar-refractivity contribution in [2.45, 2.75) is 13.1 Å². The van der Waals surface area contributed by atoms with Crippen LogP contribution < -0.4 is 0 Å². The Hall–Kier alpha value is -2.55. The van der Waals surface area contributed by atoms with Gasteiger partial charge in [0.2, 0.25) is 0 Å². The zero-order chi connectivity index (χ0) is 16.4. The van der Waals surface area contributed by atoms with E-state index in [9.17, 15) is 13.2 Å². The van der Waals surface area contributed by atoms with Crippen LogP contribution in [0.1, 0.15) is 11.1 Å². The molecular weight excluding hydrogens is 297 g/mol. The van der Waals surface area contributed by atoms with Gasteiger partial charge in [-0.05, 0) is 47.4 Å². The highest BCUT2D eigenvalue weighted by Gasteiger charge is 2.30. The third-order valence-electron chi connectivity index (χ3n) is 3.74. The van der Waals surface area contributed by atoms with Gasteiger partial charge >= 0.3 is 6.18 Å². The average molecular weight is 312 g/mol. The first-order valence-corrected chi connectivity index (χ1v) is 7.28. The van der Waals surface area contributed by atoms with Gasteiger partial charge in [0.15, 0.2) is 0 Å². The largest absolute Gasteiger partial charge is 0.416 e. The molecule has 0 fully saturated rings. The first-order chi connectivity index (χ1) is 10.9. The molecule has 3 rings (SSSR count). The molecule has 0 spiro atoms. The quantitative estimate of drug-likeness (QED) is 0.517. The smallest absolute Gasteiger partial charge is 0.166 e. The van der Waals surface area contributed by atoms with Gasteiger partial charge in [-0.15, -0.1) is 0 Å². The van der Waals surface area contributed by atoms with Gasteiger partial charge in [0, 0.05) is 0 Å². The average Bonchev–Trinajstić information content (AvgIpc) is 2.54. The molecule has 0 aromatic heterocycles. The summed E-state index contributed by atoms with van der Waals surface area (Å²) in [5.41, 5.74) is 3.90. The van der Waals surface area contributed by atoms with Crippen molar-refractivity contribution in [2.75, 3.05) is 0 Å². The van der Waals surface area contributed by atoms with Gasteiger partial charge in [0.1, 0.15) is 0 Å². The van der Waals surface area contributed by atoms with Crippen molar-refractivity contribution in [2.24, 2.45) is 0 Å². The van der Waals surface area contributed by atoms with Gasteiger partial charge < -0.3 is 0 Å². The summed E-state index contributed by atoms with van der Waals surface area (Å²) < 4.78 is 38.6. The van der Waals surface area contributed by atoms with E-state index in [1.807, 2.05) is 49.4 Å². The number of aryl methyl sites for hydroxylation is 1. The summed E-state index contributed by atoms with van der Waals surface area (Å²) in [6, 6.07) is 21.1. The van der Waals surface area contributed by atoms with Crippen LogP contribution in [0.15, 0.2) is 72.8 Å². The van der Waals surface area contributed by atoms with Gasteiger partial charge in [-0.3, -0.25) is 0 Å².